The molecule has 0 bridgehead atoms. The Labute approximate surface area is 193 Å². The predicted octanol–water partition coefficient (Wildman–Crippen LogP) is 3.59. The Bertz CT molecular complexity index is 1230. The van der Waals surface area contributed by atoms with Gasteiger partial charge in [-0.3, -0.25) is 4.79 Å². The van der Waals surface area contributed by atoms with Crippen LogP contribution in [0.3, 0.4) is 0 Å². The molecule has 1 aliphatic rings. The fourth-order valence-corrected chi connectivity index (χ4v) is 4.74. The summed E-state index contributed by atoms with van der Waals surface area (Å²) in [6, 6.07) is 15.5. The maximum atomic E-state index is 12.5. The Morgan fingerprint density at radius 3 is 2.55 bits per heavy atom. The fourth-order valence-electron chi connectivity index (χ4n) is 3.72. The van der Waals surface area contributed by atoms with Crippen molar-refractivity contribution >= 4 is 27.7 Å². The first-order chi connectivity index (χ1) is 15.9. The molecule has 0 aliphatic carbocycles. The number of carbonyl (C=O) groups is 1. The van der Waals surface area contributed by atoms with Gasteiger partial charge in [0.25, 0.3) is 0 Å². The molecule has 0 spiro atoms. The number of carbonyl (C=O) groups excluding carboxylic acids is 1. The third-order valence-electron chi connectivity index (χ3n) is 5.49. The molecule has 1 aromatic heterocycles. The quantitative estimate of drug-likeness (QED) is 0.555. The molecule has 0 saturated heterocycles. The zero-order valence-corrected chi connectivity index (χ0v) is 19.3. The van der Waals surface area contributed by atoms with Crippen LogP contribution in [0.15, 0.2) is 60.0 Å². The third kappa shape index (κ3) is 5.94. The number of fused-ring (bicyclic) bond motifs is 1. The Morgan fingerprint density at radius 1 is 1.03 bits per heavy atom. The standard InChI is InChI=1S/C24H27N5O3S/c1-18(28-33(31,32)17-15-19-8-4-2-5-9-19)24(30)25-21-13-11-20(12-14-21)23-27-26-22-10-6-3-7-16-29(22)23/h2,4-5,8-9,11-15,17-18,28H,3,6-7,10,16H2,1H3,(H,25,30)/b17-15+/t18-/m0/s1. The van der Waals surface area contributed by atoms with Gasteiger partial charge < -0.3 is 9.88 Å². The summed E-state index contributed by atoms with van der Waals surface area (Å²) >= 11 is 0. The van der Waals surface area contributed by atoms with Crippen molar-refractivity contribution in [2.45, 2.75) is 45.2 Å². The van der Waals surface area contributed by atoms with Gasteiger partial charge in [-0.05, 0) is 55.7 Å². The molecule has 3 aromatic rings. The van der Waals surface area contributed by atoms with E-state index in [0.717, 1.165) is 54.0 Å². The van der Waals surface area contributed by atoms with Crippen LogP contribution < -0.4 is 10.0 Å². The van der Waals surface area contributed by atoms with Crippen LogP contribution >= 0.6 is 0 Å². The molecular formula is C24H27N5O3S. The molecular weight excluding hydrogens is 438 g/mol. The number of aryl methyl sites for hydroxylation is 1. The van der Waals surface area contributed by atoms with E-state index in [4.69, 9.17) is 0 Å². The molecule has 1 atom stereocenters. The smallest absolute Gasteiger partial charge is 0.242 e. The van der Waals surface area contributed by atoms with Gasteiger partial charge in [0.05, 0.1) is 6.04 Å². The van der Waals surface area contributed by atoms with Gasteiger partial charge in [0.2, 0.25) is 15.9 Å². The number of sulfonamides is 1. The summed E-state index contributed by atoms with van der Waals surface area (Å²) in [6.45, 7) is 2.41. The van der Waals surface area contributed by atoms with E-state index in [9.17, 15) is 13.2 Å². The molecule has 2 aromatic carbocycles. The number of hydrogen-bond acceptors (Lipinski definition) is 5. The van der Waals surface area contributed by atoms with Crippen molar-refractivity contribution in [3.8, 4) is 11.4 Å². The monoisotopic (exact) mass is 465 g/mol. The molecule has 33 heavy (non-hydrogen) atoms. The van der Waals surface area contributed by atoms with Gasteiger partial charge in [-0.15, -0.1) is 10.2 Å². The molecule has 0 saturated carbocycles. The first-order valence-electron chi connectivity index (χ1n) is 11.0. The lowest BCUT2D eigenvalue weighted by Gasteiger charge is -2.13. The van der Waals surface area contributed by atoms with Crippen molar-refractivity contribution in [2.24, 2.45) is 0 Å². The predicted molar refractivity (Wildman–Crippen MR) is 129 cm³/mol. The highest BCUT2D eigenvalue weighted by Gasteiger charge is 2.19. The van der Waals surface area contributed by atoms with Crippen molar-refractivity contribution in [1.29, 1.82) is 0 Å². The molecule has 2 heterocycles. The number of anilines is 1. The van der Waals surface area contributed by atoms with Gasteiger partial charge >= 0.3 is 0 Å². The maximum absolute atomic E-state index is 12.5. The van der Waals surface area contributed by atoms with Crippen LogP contribution in [-0.4, -0.2) is 35.1 Å². The second kappa shape index (κ2) is 10.1. The average molecular weight is 466 g/mol. The number of benzene rings is 2. The second-order valence-electron chi connectivity index (χ2n) is 8.07. The number of aromatic nitrogens is 3. The number of rotatable bonds is 7. The maximum Gasteiger partial charge on any atom is 0.242 e. The van der Waals surface area contributed by atoms with E-state index < -0.39 is 22.0 Å². The third-order valence-corrected chi connectivity index (χ3v) is 6.67. The van der Waals surface area contributed by atoms with Gasteiger partial charge in [-0.25, -0.2) is 8.42 Å². The van der Waals surface area contributed by atoms with Crippen LogP contribution in [0.2, 0.25) is 0 Å². The van der Waals surface area contributed by atoms with E-state index in [1.54, 1.807) is 24.3 Å². The van der Waals surface area contributed by atoms with Crippen LogP contribution in [0.5, 0.6) is 0 Å². The van der Waals surface area contributed by atoms with Crippen LogP contribution in [-0.2, 0) is 27.8 Å². The molecule has 9 heteroatoms. The molecule has 172 valence electrons. The Balaban J connectivity index is 1.37. The number of nitrogens with zero attached hydrogens (tertiary/aromatic N) is 3. The lowest BCUT2D eigenvalue weighted by atomic mass is 10.2. The minimum Gasteiger partial charge on any atom is -0.325 e. The molecule has 0 radical (unpaired) electrons. The van der Waals surface area contributed by atoms with E-state index >= 15 is 0 Å². The van der Waals surface area contributed by atoms with Crippen molar-refractivity contribution < 1.29 is 13.2 Å². The summed E-state index contributed by atoms with van der Waals surface area (Å²) in [6.07, 6.45) is 5.86. The van der Waals surface area contributed by atoms with Gasteiger partial charge in [0, 0.05) is 29.6 Å². The van der Waals surface area contributed by atoms with Gasteiger partial charge in [-0.2, -0.15) is 4.72 Å². The van der Waals surface area contributed by atoms with E-state index in [1.807, 2.05) is 30.3 Å². The van der Waals surface area contributed by atoms with E-state index in [0.29, 0.717) is 5.69 Å². The highest BCUT2D eigenvalue weighted by molar-refractivity contribution is 7.92. The summed E-state index contributed by atoms with van der Waals surface area (Å²) in [4.78, 5) is 12.5. The SMILES string of the molecule is C[C@H](NS(=O)(=O)/C=C/c1ccccc1)C(=O)Nc1ccc(-c2nnc3n2CCCCC3)cc1. The highest BCUT2D eigenvalue weighted by Crippen LogP contribution is 2.24. The summed E-state index contributed by atoms with van der Waals surface area (Å²) < 4.78 is 29.1. The highest BCUT2D eigenvalue weighted by atomic mass is 32.2. The Hall–Kier alpha value is -3.30. The molecule has 0 fully saturated rings. The van der Waals surface area contributed by atoms with Gasteiger partial charge in [-0.1, -0.05) is 36.8 Å². The molecule has 2 N–H and O–H groups in total. The Kier molecular flexibility index (Phi) is 7.00. The minimum absolute atomic E-state index is 0.448. The van der Waals surface area contributed by atoms with Crippen LogP contribution in [0.25, 0.3) is 17.5 Å². The first kappa shape index (κ1) is 22.9. The largest absolute Gasteiger partial charge is 0.325 e. The van der Waals surface area contributed by atoms with Gasteiger partial charge in [0.1, 0.15) is 5.82 Å². The molecule has 1 aliphatic heterocycles. The lowest BCUT2D eigenvalue weighted by molar-refractivity contribution is -0.117. The summed E-state index contributed by atoms with van der Waals surface area (Å²) in [5.74, 6) is 1.40. The average Bonchev–Trinajstić information content (AvgIpc) is 3.06. The molecule has 8 nitrogen and oxygen atoms in total. The lowest BCUT2D eigenvalue weighted by Crippen LogP contribution is -2.40. The fraction of sp³-hybridized carbons (Fsp3) is 0.292. The van der Waals surface area contributed by atoms with E-state index in [-0.39, 0.29) is 0 Å². The summed E-state index contributed by atoms with van der Waals surface area (Å²) in [5, 5.41) is 12.5. The Morgan fingerprint density at radius 2 is 1.79 bits per heavy atom. The van der Waals surface area contributed by atoms with Crippen molar-refractivity contribution in [2.75, 3.05) is 5.32 Å². The number of hydrogen-bond donors (Lipinski definition) is 2. The van der Waals surface area contributed by atoms with Crippen molar-refractivity contribution in [3.05, 3.63) is 71.4 Å². The summed E-state index contributed by atoms with van der Waals surface area (Å²) in [7, 11) is -3.77. The van der Waals surface area contributed by atoms with E-state index in [1.165, 1.54) is 19.4 Å². The summed E-state index contributed by atoms with van der Waals surface area (Å²) in [5.41, 5.74) is 2.25. The topological polar surface area (TPSA) is 106 Å². The zero-order valence-electron chi connectivity index (χ0n) is 18.4. The number of amides is 1. The van der Waals surface area contributed by atoms with Crippen LogP contribution in [0, 0.1) is 0 Å². The van der Waals surface area contributed by atoms with Crippen molar-refractivity contribution in [1.82, 2.24) is 19.5 Å². The normalized spacial score (nSPS) is 15.1. The van der Waals surface area contributed by atoms with E-state index in [2.05, 4.69) is 24.8 Å². The van der Waals surface area contributed by atoms with Crippen molar-refractivity contribution in [3.63, 3.8) is 0 Å². The molecule has 4 rings (SSSR count). The van der Waals surface area contributed by atoms with Gasteiger partial charge in [0.15, 0.2) is 5.82 Å². The number of nitrogens with one attached hydrogen (secondary N) is 2. The van der Waals surface area contributed by atoms with Crippen LogP contribution in [0.1, 0.15) is 37.6 Å². The molecule has 1 amide bonds. The second-order valence-corrected chi connectivity index (χ2v) is 9.66. The minimum atomic E-state index is -3.77. The zero-order chi connectivity index (χ0) is 23.3. The molecule has 0 unspecified atom stereocenters. The van der Waals surface area contributed by atoms with Crippen LogP contribution in [0.4, 0.5) is 5.69 Å². The first-order valence-corrected chi connectivity index (χ1v) is 12.5.